The first-order valence-corrected chi connectivity index (χ1v) is 10.0. The molecular weight excluding hydrogens is 381 g/mol. The number of nitrogens with one attached hydrogen (secondary N) is 1. The molecule has 2 rings (SSSR count). The van der Waals surface area contributed by atoms with E-state index in [2.05, 4.69) is 5.32 Å². The number of carbonyl (C=O) groups excluding carboxylic acids is 2. The quantitative estimate of drug-likeness (QED) is 0.708. The monoisotopic (exact) mass is 413 g/mol. The first-order valence-electron chi connectivity index (χ1n) is 10.0. The third-order valence-corrected chi connectivity index (χ3v) is 4.60. The molecule has 0 radical (unpaired) electrons. The van der Waals surface area contributed by atoms with E-state index in [-0.39, 0.29) is 23.0 Å². The molecule has 0 fully saturated rings. The van der Waals surface area contributed by atoms with Gasteiger partial charge in [-0.2, -0.15) is 0 Å². The third-order valence-electron chi connectivity index (χ3n) is 4.60. The van der Waals surface area contributed by atoms with Crippen LogP contribution in [-0.2, 0) is 22.7 Å². The van der Waals surface area contributed by atoms with Crippen LogP contribution in [0, 0.1) is 11.2 Å². The molecule has 30 heavy (non-hydrogen) atoms. The molecule has 0 aromatic heterocycles. The van der Waals surface area contributed by atoms with Gasteiger partial charge >= 0.3 is 0 Å². The molecular formula is C24H32FN3O2. The van der Waals surface area contributed by atoms with E-state index in [1.807, 2.05) is 58.0 Å². The fourth-order valence-corrected chi connectivity index (χ4v) is 3.25. The molecule has 0 aliphatic heterocycles. The zero-order valence-corrected chi connectivity index (χ0v) is 18.8. The number of halogens is 1. The van der Waals surface area contributed by atoms with Gasteiger partial charge in [0, 0.05) is 51.9 Å². The van der Waals surface area contributed by atoms with Gasteiger partial charge < -0.3 is 15.1 Å². The predicted octanol–water partition coefficient (Wildman–Crippen LogP) is 4.82. The number of hydrogen-bond donors (Lipinski definition) is 1. The number of amides is 2. The first-order chi connectivity index (χ1) is 13.9. The van der Waals surface area contributed by atoms with Crippen molar-refractivity contribution in [3.8, 4) is 0 Å². The normalized spacial score (nSPS) is 11.2. The van der Waals surface area contributed by atoms with Crippen LogP contribution >= 0.6 is 0 Å². The van der Waals surface area contributed by atoms with E-state index < -0.39 is 0 Å². The Bertz CT molecular complexity index is 904. The summed E-state index contributed by atoms with van der Waals surface area (Å²) in [6.07, 6.45) is 0.414. The van der Waals surface area contributed by atoms with Crippen molar-refractivity contribution in [1.82, 2.24) is 4.90 Å². The molecule has 1 N–H and O–H groups in total. The molecule has 0 saturated carbocycles. The van der Waals surface area contributed by atoms with Gasteiger partial charge in [-0.25, -0.2) is 4.39 Å². The van der Waals surface area contributed by atoms with Crippen molar-refractivity contribution in [2.24, 2.45) is 5.41 Å². The van der Waals surface area contributed by atoms with E-state index in [0.717, 1.165) is 16.8 Å². The van der Waals surface area contributed by atoms with Gasteiger partial charge in [0.1, 0.15) is 5.82 Å². The van der Waals surface area contributed by atoms with Gasteiger partial charge in [-0.15, -0.1) is 0 Å². The molecule has 0 bridgehead atoms. The van der Waals surface area contributed by atoms with Crippen molar-refractivity contribution in [2.75, 3.05) is 24.3 Å². The molecule has 0 heterocycles. The molecule has 0 spiro atoms. The lowest BCUT2D eigenvalue weighted by atomic mass is 9.92. The largest absolute Gasteiger partial charge is 0.377 e. The van der Waals surface area contributed by atoms with Gasteiger partial charge in [0.25, 0.3) is 0 Å². The van der Waals surface area contributed by atoms with Gasteiger partial charge in [-0.05, 0) is 46.9 Å². The van der Waals surface area contributed by atoms with E-state index in [0.29, 0.717) is 25.2 Å². The Morgan fingerprint density at radius 3 is 2.30 bits per heavy atom. The number of benzene rings is 2. The van der Waals surface area contributed by atoms with Crippen molar-refractivity contribution in [3.63, 3.8) is 0 Å². The Labute approximate surface area is 178 Å². The van der Waals surface area contributed by atoms with Gasteiger partial charge in [0.05, 0.1) is 0 Å². The SMILES string of the molecule is CC(=O)N(Cc1cccc(F)c1)Cc1cc(NC(=O)CC(C)(C)C)ccc1N(C)C. The summed E-state index contributed by atoms with van der Waals surface area (Å²) in [7, 11) is 3.86. The van der Waals surface area contributed by atoms with Crippen molar-refractivity contribution < 1.29 is 14.0 Å². The number of nitrogens with zero attached hydrogens (tertiary/aromatic N) is 2. The maximum absolute atomic E-state index is 13.6. The molecule has 0 saturated heterocycles. The highest BCUT2D eigenvalue weighted by atomic mass is 19.1. The van der Waals surface area contributed by atoms with Gasteiger partial charge in [0.15, 0.2) is 0 Å². The highest BCUT2D eigenvalue weighted by Crippen LogP contribution is 2.26. The van der Waals surface area contributed by atoms with E-state index in [4.69, 9.17) is 0 Å². The standard InChI is InChI=1S/C24H32FN3O2/c1-17(29)28(15-18-8-7-9-20(25)12-18)16-19-13-21(10-11-22(19)27(5)6)26-23(30)14-24(2,3)4/h7-13H,14-16H2,1-6H3,(H,26,30). The summed E-state index contributed by atoms with van der Waals surface area (Å²) in [5.74, 6) is -0.478. The predicted molar refractivity (Wildman–Crippen MR) is 120 cm³/mol. The summed E-state index contributed by atoms with van der Waals surface area (Å²) >= 11 is 0. The van der Waals surface area contributed by atoms with Crippen LogP contribution in [0.3, 0.4) is 0 Å². The van der Waals surface area contributed by atoms with Crippen LogP contribution in [-0.4, -0.2) is 30.8 Å². The van der Waals surface area contributed by atoms with Crippen LogP contribution in [0.15, 0.2) is 42.5 Å². The van der Waals surface area contributed by atoms with E-state index >= 15 is 0 Å². The highest BCUT2D eigenvalue weighted by Gasteiger charge is 2.18. The van der Waals surface area contributed by atoms with E-state index in [1.165, 1.54) is 19.1 Å². The van der Waals surface area contributed by atoms with Crippen molar-refractivity contribution >= 4 is 23.2 Å². The molecule has 2 aromatic carbocycles. The van der Waals surface area contributed by atoms with Crippen LogP contribution in [0.5, 0.6) is 0 Å². The number of hydrogen-bond acceptors (Lipinski definition) is 3. The second kappa shape index (κ2) is 9.74. The molecule has 162 valence electrons. The summed E-state index contributed by atoms with van der Waals surface area (Å²) in [6, 6.07) is 12.0. The Balaban J connectivity index is 2.27. The molecule has 2 aromatic rings. The number of carbonyl (C=O) groups is 2. The molecule has 0 unspecified atom stereocenters. The van der Waals surface area contributed by atoms with Crippen LogP contribution in [0.4, 0.5) is 15.8 Å². The fraction of sp³-hybridized carbons (Fsp3) is 0.417. The maximum atomic E-state index is 13.6. The second-order valence-corrected chi connectivity index (χ2v) is 9.03. The number of anilines is 2. The lowest BCUT2D eigenvalue weighted by Crippen LogP contribution is -2.28. The molecule has 6 heteroatoms. The third kappa shape index (κ3) is 7.17. The molecule has 5 nitrogen and oxygen atoms in total. The van der Waals surface area contributed by atoms with E-state index in [1.54, 1.807) is 17.0 Å². The Morgan fingerprint density at radius 1 is 1.03 bits per heavy atom. The van der Waals surface area contributed by atoms with E-state index in [9.17, 15) is 14.0 Å². The smallest absolute Gasteiger partial charge is 0.224 e. The highest BCUT2D eigenvalue weighted by molar-refractivity contribution is 5.91. The molecule has 2 amide bonds. The fourth-order valence-electron chi connectivity index (χ4n) is 3.25. The Kier molecular flexibility index (Phi) is 7.59. The topological polar surface area (TPSA) is 52.7 Å². The first kappa shape index (κ1) is 23.4. The van der Waals surface area contributed by atoms with Crippen molar-refractivity contribution in [2.45, 2.75) is 47.2 Å². The summed E-state index contributed by atoms with van der Waals surface area (Å²) in [5, 5.41) is 2.95. The average Bonchev–Trinajstić information content (AvgIpc) is 2.59. The average molecular weight is 414 g/mol. The van der Waals surface area contributed by atoms with Gasteiger partial charge in [-0.1, -0.05) is 32.9 Å². The summed E-state index contributed by atoms with van der Waals surface area (Å²) < 4.78 is 13.6. The minimum Gasteiger partial charge on any atom is -0.377 e. The van der Waals surface area contributed by atoms with Gasteiger partial charge in [0.2, 0.25) is 11.8 Å². The molecule has 0 atom stereocenters. The minimum atomic E-state index is -0.325. The lowest BCUT2D eigenvalue weighted by molar-refractivity contribution is -0.130. The maximum Gasteiger partial charge on any atom is 0.224 e. The second-order valence-electron chi connectivity index (χ2n) is 9.03. The summed E-state index contributed by atoms with van der Waals surface area (Å²) in [6.45, 7) is 8.21. The minimum absolute atomic E-state index is 0.0470. The van der Waals surface area contributed by atoms with Crippen LogP contribution in [0.25, 0.3) is 0 Å². The Morgan fingerprint density at radius 2 is 1.73 bits per heavy atom. The van der Waals surface area contributed by atoms with Crippen LogP contribution in [0.2, 0.25) is 0 Å². The molecule has 0 aliphatic rings. The zero-order chi connectivity index (χ0) is 22.5. The number of rotatable bonds is 7. The Hall–Kier alpha value is -2.89. The van der Waals surface area contributed by atoms with Crippen LogP contribution in [0.1, 0.15) is 45.2 Å². The zero-order valence-electron chi connectivity index (χ0n) is 18.8. The van der Waals surface area contributed by atoms with Gasteiger partial charge in [-0.3, -0.25) is 9.59 Å². The van der Waals surface area contributed by atoms with Crippen molar-refractivity contribution in [1.29, 1.82) is 0 Å². The molecule has 0 aliphatic carbocycles. The summed E-state index contributed by atoms with van der Waals surface area (Å²) in [5.41, 5.74) is 3.17. The van der Waals surface area contributed by atoms with Crippen LogP contribution < -0.4 is 10.2 Å². The summed E-state index contributed by atoms with van der Waals surface area (Å²) in [4.78, 5) is 28.3. The lowest BCUT2D eigenvalue weighted by Gasteiger charge is -2.26. The van der Waals surface area contributed by atoms with Crippen molar-refractivity contribution in [3.05, 3.63) is 59.4 Å².